The molecule has 1 aliphatic rings. The van der Waals surface area contributed by atoms with Crippen LogP contribution in [0.1, 0.15) is 11.4 Å². The monoisotopic (exact) mass is 412 g/mol. The van der Waals surface area contributed by atoms with Crippen molar-refractivity contribution in [3.8, 4) is 5.69 Å². The maximum Gasteiger partial charge on any atom is 0.175 e. The maximum absolute atomic E-state index is 11.7. The Morgan fingerprint density at radius 3 is 2.34 bits per heavy atom. The first kappa shape index (κ1) is 19.5. The van der Waals surface area contributed by atoms with Crippen LogP contribution in [-0.4, -0.2) is 66.0 Å². The Labute approximate surface area is 170 Å². The number of hydrogen-bond donors (Lipinski definition) is 0. The van der Waals surface area contributed by atoms with Gasteiger partial charge in [-0.3, -0.25) is 4.90 Å². The van der Waals surface area contributed by atoms with Crippen molar-refractivity contribution in [2.45, 2.75) is 18.4 Å². The van der Waals surface area contributed by atoms with E-state index in [0.717, 1.165) is 37.7 Å². The first-order chi connectivity index (χ1) is 13.9. The second kappa shape index (κ2) is 7.92. The Hall–Kier alpha value is -2.78. The van der Waals surface area contributed by atoms with Crippen LogP contribution < -0.4 is 4.90 Å². The molecule has 1 aliphatic heterocycles. The summed E-state index contributed by atoms with van der Waals surface area (Å²) in [4.78, 5) is 5.01. The molecule has 0 N–H and O–H groups in total. The Morgan fingerprint density at radius 2 is 1.69 bits per heavy atom. The van der Waals surface area contributed by atoms with E-state index in [1.165, 1.54) is 17.5 Å². The van der Waals surface area contributed by atoms with Crippen molar-refractivity contribution in [2.24, 2.45) is 0 Å². The van der Waals surface area contributed by atoms with Crippen molar-refractivity contribution in [3.05, 3.63) is 59.9 Å². The third-order valence-corrected chi connectivity index (χ3v) is 6.28. The van der Waals surface area contributed by atoms with Crippen LogP contribution in [0.25, 0.3) is 5.69 Å². The molecule has 3 aromatic rings. The number of hydrogen-bond acceptors (Lipinski definition) is 7. The van der Waals surface area contributed by atoms with Crippen LogP contribution in [0, 0.1) is 6.92 Å². The first-order valence-corrected chi connectivity index (χ1v) is 11.4. The highest BCUT2D eigenvalue weighted by molar-refractivity contribution is 7.90. The maximum atomic E-state index is 11.7. The number of anilines is 1. The minimum absolute atomic E-state index is 0.281. The van der Waals surface area contributed by atoms with E-state index in [-0.39, 0.29) is 4.90 Å². The summed E-state index contributed by atoms with van der Waals surface area (Å²) in [6.07, 6.45) is 1.20. The minimum atomic E-state index is -3.23. The number of rotatable bonds is 5. The molecule has 9 heteroatoms. The van der Waals surface area contributed by atoms with Crippen molar-refractivity contribution in [2.75, 3.05) is 37.3 Å². The van der Waals surface area contributed by atoms with E-state index in [9.17, 15) is 8.42 Å². The highest BCUT2D eigenvalue weighted by atomic mass is 32.2. The molecule has 0 spiro atoms. The number of benzene rings is 2. The second-order valence-electron chi connectivity index (χ2n) is 7.38. The number of piperazine rings is 1. The summed E-state index contributed by atoms with van der Waals surface area (Å²) in [5, 5.41) is 12.1. The molecule has 0 amide bonds. The molecule has 0 radical (unpaired) electrons. The Balaban J connectivity index is 1.42. The van der Waals surface area contributed by atoms with Crippen LogP contribution >= 0.6 is 0 Å². The highest BCUT2D eigenvalue weighted by Crippen LogP contribution is 2.19. The molecule has 0 bridgehead atoms. The SMILES string of the molecule is Cc1cccc(N2CCN(Cc3nnnn3-c3ccc(S(C)(=O)=O)cc3)CC2)c1. The van der Waals surface area contributed by atoms with Gasteiger partial charge in [0.2, 0.25) is 0 Å². The van der Waals surface area contributed by atoms with Gasteiger partial charge in [-0.05, 0) is 59.3 Å². The number of nitrogens with zero attached hydrogens (tertiary/aromatic N) is 6. The van der Waals surface area contributed by atoms with Crippen molar-refractivity contribution in [1.29, 1.82) is 0 Å². The van der Waals surface area contributed by atoms with E-state index in [2.05, 4.69) is 56.5 Å². The molecule has 4 rings (SSSR count). The average Bonchev–Trinajstić information content (AvgIpc) is 3.16. The normalized spacial score (nSPS) is 15.6. The van der Waals surface area contributed by atoms with Crippen LogP contribution in [-0.2, 0) is 16.4 Å². The van der Waals surface area contributed by atoms with E-state index in [0.29, 0.717) is 6.54 Å². The Bertz CT molecular complexity index is 1090. The van der Waals surface area contributed by atoms with Gasteiger partial charge in [-0.2, -0.15) is 4.68 Å². The molecule has 2 aromatic carbocycles. The molecule has 8 nitrogen and oxygen atoms in total. The number of tetrazole rings is 1. The fourth-order valence-electron chi connectivity index (χ4n) is 3.53. The van der Waals surface area contributed by atoms with Crippen LogP contribution in [0.4, 0.5) is 5.69 Å². The van der Waals surface area contributed by atoms with Gasteiger partial charge in [0.1, 0.15) is 0 Å². The van der Waals surface area contributed by atoms with E-state index >= 15 is 0 Å². The van der Waals surface area contributed by atoms with Crippen LogP contribution in [0.5, 0.6) is 0 Å². The number of aryl methyl sites for hydroxylation is 1. The molecular weight excluding hydrogens is 388 g/mol. The standard InChI is InChI=1S/C20H24N6O2S/c1-16-4-3-5-18(14-16)25-12-10-24(11-13-25)15-20-21-22-23-26(20)17-6-8-19(9-7-17)29(2,27)28/h3-9,14H,10-13,15H2,1-2H3. The van der Waals surface area contributed by atoms with E-state index < -0.39 is 9.84 Å². The highest BCUT2D eigenvalue weighted by Gasteiger charge is 2.20. The molecule has 0 unspecified atom stereocenters. The lowest BCUT2D eigenvalue weighted by Gasteiger charge is -2.35. The van der Waals surface area contributed by atoms with Gasteiger partial charge in [0.15, 0.2) is 15.7 Å². The zero-order valence-corrected chi connectivity index (χ0v) is 17.4. The van der Waals surface area contributed by atoms with Gasteiger partial charge in [0.05, 0.1) is 17.1 Å². The lowest BCUT2D eigenvalue weighted by Crippen LogP contribution is -2.46. The smallest absolute Gasteiger partial charge is 0.175 e. The third-order valence-electron chi connectivity index (χ3n) is 5.15. The summed E-state index contributed by atoms with van der Waals surface area (Å²) in [7, 11) is -3.23. The van der Waals surface area contributed by atoms with E-state index in [1.807, 2.05) is 0 Å². The number of aromatic nitrogens is 4. The van der Waals surface area contributed by atoms with E-state index in [4.69, 9.17) is 0 Å². The summed E-state index contributed by atoms with van der Waals surface area (Å²) in [5.41, 5.74) is 3.28. The van der Waals surface area contributed by atoms with Gasteiger partial charge in [-0.25, -0.2) is 8.42 Å². The fourth-order valence-corrected chi connectivity index (χ4v) is 4.16. The van der Waals surface area contributed by atoms with Crippen molar-refractivity contribution >= 4 is 15.5 Å². The van der Waals surface area contributed by atoms with Crippen LogP contribution in [0.15, 0.2) is 53.4 Å². The van der Waals surface area contributed by atoms with Gasteiger partial charge in [0.25, 0.3) is 0 Å². The van der Waals surface area contributed by atoms with Crippen molar-refractivity contribution in [1.82, 2.24) is 25.1 Å². The molecule has 0 atom stereocenters. The first-order valence-electron chi connectivity index (χ1n) is 9.52. The van der Waals surface area contributed by atoms with Crippen LogP contribution in [0.2, 0.25) is 0 Å². The molecule has 2 heterocycles. The van der Waals surface area contributed by atoms with Crippen LogP contribution in [0.3, 0.4) is 0 Å². The lowest BCUT2D eigenvalue weighted by atomic mass is 10.2. The number of sulfone groups is 1. The molecule has 152 valence electrons. The quantitative estimate of drug-likeness (QED) is 0.631. The van der Waals surface area contributed by atoms with Gasteiger partial charge in [-0.15, -0.1) is 5.10 Å². The second-order valence-corrected chi connectivity index (χ2v) is 9.39. The molecule has 1 aromatic heterocycles. The summed E-state index contributed by atoms with van der Waals surface area (Å²) in [5.74, 6) is 0.737. The summed E-state index contributed by atoms with van der Waals surface area (Å²) in [6, 6.07) is 15.2. The van der Waals surface area contributed by atoms with Crippen molar-refractivity contribution in [3.63, 3.8) is 0 Å². The molecule has 1 fully saturated rings. The molecule has 0 aliphatic carbocycles. The average molecular weight is 413 g/mol. The summed E-state index contributed by atoms with van der Waals surface area (Å²) < 4.78 is 25.0. The van der Waals surface area contributed by atoms with E-state index in [1.54, 1.807) is 28.9 Å². The van der Waals surface area contributed by atoms with Gasteiger partial charge in [-0.1, -0.05) is 12.1 Å². The molecule has 0 saturated carbocycles. The molecular formula is C20H24N6O2S. The predicted octanol–water partition coefficient (Wildman–Crippen LogP) is 1.70. The van der Waals surface area contributed by atoms with Gasteiger partial charge in [0, 0.05) is 38.1 Å². The zero-order valence-electron chi connectivity index (χ0n) is 16.6. The third kappa shape index (κ3) is 4.46. The largest absolute Gasteiger partial charge is 0.369 e. The topological polar surface area (TPSA) is 84.2 Å². The zero-order chi connectivity index (χ0) is 20.4. The summed E-state index contributed by atoms with van der Waals surface area (Å²) >= 11 is 0. The summed E-state index contributed by atoms with van der Waals surface area (Å²) in [6.45, 7) is 6.51. The van der Waals surface area contributed by atoms with Gasteiger partial charge >= 0.3 is 0 Å². The predicted molar refractivity (Wildman–Crippen MR) is 111 cm³/mol. The van der Waals surface area contributed by atoms with Gasteiger partial charge < -0.3 is 4.90 Å². The molecule has 29 heavy (non-hydrogen) atoms. The fraction of sp³-hybridized carbons (Fsp3) is 0.350. The lowest BCUT2D eigenvalue weighted by molar-refractivity contribution is 0.242. The molecule has 1 saturated heterocycles. The van der Waals surface area contributed by atoms with Crippen molar-refractivity contribution < 1.29 is 8.42 Å². The minimum Gasteiger partial charge on any atom is -0.369 e. The Kier molecular flexibility index (Phi) is 5.33. The Morgan fingerprint density at radius 1 is 0.966 bits per heavy atom.